The van der Waals surface area contributed by atoms with Gasteiger partial charge in [0.1, 0.15) is 0 Å². The van der Waals surface area contributed by atoms with Crippen molar-refractivity contribution in [3.05, 3.63) is 71.4 Å². The highest BCUT2D eigenvalue weighted by molar-refractivity contribution is 6.38. The largest absolute Gasteiger partial charge is 0.392 e. The highest BCUT2D eigenvalue weighted by atomic mass is 16.3. The number of aliphatic imine (C=N–C) groups is 1. The normalized spacial score (nSPS) is 20.6. The van der Waals surface area contributed by atoms with E-state index in [9.17, 15) is 9.90 Å². The van der Waals surface area contributed by atoms with Crippen molar-refractivity contribution in [2.45, 2.75) is 44.6 Å². The first-order valence-electron chi connectivity index (χ1n) is 11.8. The molecule has 0 spiro atoms. The maximum Gasteiger partial charge on any atom is 0.289 e. The molecule has 2 aliphatic heterocycles. The van der Waals surface area contributed by atoms with Gasteiger partial charge in [0, 0.05) is 31.8 Å². The van der Waals surface area contributed by atoms with E-state index in [-0.39, 0.29) is 18.4 Å². The van der Waals surface area contributed by atoms with Crippen LogP contribution in [0.5, 0.6) is 0 Å². The summed E-state index contributed by atoms with van der Waals surface area (Å²) in [5, 5.41) is 10.2. The number of rotatable bonds is 6. The van der Waals surface area contributed by atoms with E-state index in [1.165, 1.54) is 29.5 Å². The molecule has 3 aliphatic rings. The molecule has 0 radical (unpaired) electrons. The van der Waals surface area contributed by atoms with Crippen molar-refractivity contribution in [1.29, 1.82) is 0 Å². The quantitative estimate of drug-likeness (QED) is 0.745. The van der Waals surface area contributed by atoms with E-state index in [2.05, 4.69) is 47.5 Å². The summed E-state index contributed by atoms with van der Waals surface area (Å²) in [4.78, 5) is 21.4. The predicted octanol–water partition coefficient (Wildman–Crippen LogP) is 4.29. The fourth-order valence-electron chi connectivity index (χ4n) is 5.08. The average molecular weight is 430 g/mol. The van der Waals surface area contributed by atoms with Crippen LogP contribution >= 0.6 is 0 Å². The van der Waals surface area contributed by atoms with Crippen molar-refractivity contribution in [3.63, 3.8) is 0 Å². The Morgan fingerprint density at radius 2 is 1.94 bits per heavy atom. The number of amides is 1. The predicted molar refractivity (Wildman–Crippen MR) is 128 cm³/mol. The Hall–Kier alpha value is -2.92. The average Bonchev–Trinajstić information content (AvgIpc) is 3.59. The molecule has 0 aromatic heterocycles. The fourth-order valence-corrected chi connectivity index (χ4v) is 5.08. The highest BCUT2D eigenvalue weighted by Crippen LogP contribution is 2.44. The van der Waals surface area contributed by atoms with Crippen LogP contribution < -0.4 is 0 Å². The Morgan fingerprint density at radius 3 is 2.72 bits per heavy atom. The molecule has 2 aromatic carbocycles. The lowest BCUT2D eigenvalue weighted by atomic mass is 9.89. The van der Waals surface area contributed by atoms with Crippen molar-refractivity contribution in [2.24, 2.45) is 4.99 Å². The number of carbonyl (C=O) groups excluding carboxylic acids is 1. The zero-order valence-electron chi connectivity index (χ0n) is 18.7. The minimum absolute atomic E-state index is 0.0132. The number of hydrogen-bond acceptors (Lipinski definition) is 4. The van der Waals surface area contributed by atoms with Crippen LogP contribution in [0.25, 0.3) is 11.1 Å². The molecule has 1 amide bonds. The Balaban J connectivity index is 1.36. The molecule has 2 heterocycles. The lowest BCUT2D eigenvalue weighted by Gasteiger charge is -2.26. The van der Waals surface area contributed by atoms with Gasteiger partial charge < -0.3 is 14.9 Å². The van der Waals surface area contributed by atoms with E-state index >= 15 is 0 Å². The second-order valence-corrected chi connectivity index (χ2v) is 9.01. The summed E-state index contributed by atoms with van der Waals surface area (Å²) in [7, 11) is 0. The molecule has 1 N–H and O–H groups in total. The maximum atomic E-state index is 13.1. The first-order chi connectivity index (χ1) is 15.7. The number of amidine groups is 1. The summed E-state index contributed by atoms with van der Waals surface area (Å²) < 4.78 is 0. The van der Waals surface area contributed by atoms with Gasteiger partial charge in [0.25, 0.3) is 5.91 Å². The van der Waals surface area contributed by atoms with Gasteiger partial charge in [-0.1, -0.05) is 36.4 Å². The summed E-state index contributed by atoms with van der Waals surface area (Å²) in [6.07, 6.45) is 7.38. The Bertz CT molecular complexity index is 1070. The number of hydrogen-bond donors (Lipinski definition) is 1. The van der Waals surface area contributed by atoms with Crippen molar-refractivity contribution >= 4 is 11.7 Å². The van der Waals surface area contributed by atoms with E-state index in [1.54, 1.807) is 0 Å². The molecule has 5 rings (SSSR count). The molecule has 1 saturated heterocycles. The van der Waals surface area contributed by atoms with Gasteiger partial charge >= 0.3 is 0 Å². The second kappa shape index (κ2) is 8.91. The van der Waals surface area contributed by atoms with Gasteiger partial charge in [-0.15, -0.1) is 0 Å². The van der Waals surface area contributed by atoms with Gasteiger partial charge in [0.05, 0.1) is 13.2 Å². The number of nitrogens with zero attached hydrogens (tertiary/aromatic N) is 3. The third kappa shape index (κ3) is 3.97. The van der Waals surface area contributed by atoms with E-state index < -0.39 is 0 Å². The summed E-state index contributed by atoms with van der Waals surface area (Å²) in [6.45, 7) is 4.73. The molecule has 0 bridgehead atoms. The maximum absolute atomic E-state index is 13.1. The fraction of sp³-hybridized carbons (Fsp3) is 0.407. The van der Waals surface area contributed by atoms with E-state index in [0.29, 0.717) is 24.8 Å². The van der Waals surface area contributed by atoms with Gasteiger partial charge in [0.2, 0.25) is 0 Å². The standard InChI is InChI=1S/C27H31N3O2/c1-2-29-14-5-13-28-26(29)27(32)30-15-12-21(17-30)23-11-10-20(16-22(23)18-31)25-7-4-3-6-24(25)19-8-9-19/h3-7,10-11,14,16,19,21,31H,2,8-9,12-13,15,17-18H2,1H3. The molecule has 5 nitrogen and oxygen atoms in total. The first kappa shape index (κ1) is 21.0. The smallest absolute Gasteiger partial charge is 0.289 e. The Labute approximate surface area is 190 Å². The molecule has 5 heteroatoms. The lowest BCUT2D eigenvalue weighted by molar-refractivity contribution is -0.123. The van der Waals surface area contributed by atoms with Gasteiger partial charge in [-0.2, -0.15) is 0 Å². The van der Waals surface area contributed by atoms with Crippen LogP contribution in [0.15, 0.2) is 59.7 Å². The van der Waals surface area contributed by atoms with Gasteiger partial charge in [-0.05, 0) is 72.1 Å². The number of benzene rings is 2. The number of likely N-dealkylation sites (N-methyl/N-ethyl adjacent to an activating group) is 1. The van der Waals surface area contributed by atoms with E-state index in [1.807, 2.05) is 29.0 Å². The monoisotopic (exact) mass is 429 g/mol. The highest BCUT2D eigenvalue weighted by Gasteiger charge is 2.33. The summed E-state index contributed by atoms with van der Waals surface area (Å²) in [6, 6.07) is 15.2. The molecule has 2 fully saturated rings. The molecule has 2 aromatic rings. The topological polar surface area (TPSA) is 56.1 Å². The number of likely N-dealkylation sites (tertiary alicyclic amines) is 1. The summed E-state index contributed by atoms with van der Waals surface area (Å²) in [5.41, 5.74) is 6.01. The van der Waals surface area contributed by atoms with Crippen LogP contribution in [-0.4, -0.2) is 52.8 Å². The minimum atomic E-state index is 0.0132. The second-order valence-electron chi connectivity index (χ2n) is 9.01. The Kier molecular flexibility index (Phi) is 5.83. The van der Waals surface area contributed by atoms with Crippen LogP contribution in [0, 0.1) is 0 Å². The van der Waals surface area contributed by atoms with E-state index in [0.717, 1.165) is 30.6 Å². The van der Waals surface area contributed by atoms with Crippen LogP contribution in [0.4, 0.5) is 0 Å². The van der Waals surface area contributed by atoms with Crippen LogP contribution in [-0.2, 0) is 11.4 Å². The number of carbonyl (C=O) groups is 1. The van der Waals surface area contributed by atoms with Crippen molar-refractivity contribution in [2.75, 3.05) is 26.2 Å². The van der Waals surface area contributed by atoms with Crippen molar-refractivity contribution < 1.29 is 9.90 Å². The van der Waals surface area contributed by atoms with Crippen LogP contribution in [0.2, 0.25) is 0 Å². The molecule has 1 aliphatic carbocycles. The Morgan fingerprint density at radius 1 is 1.09 bits per heavy atom. The number of aliphatic hydroxyl groups is 1. The van der Waals surface area contributed by atoms with Crippen molar-refractivity contribution in [3.8, 4) is 11.1 Å². The van der Waals surface area contributed by atoms with Crippen LogP contribution in [0.1, 0.15) is 54.7 Å². The molecule has 1 saturated carbocycles. The molecular formula is C27H31N3O2. The zero-order chi connectivity index (χ0) is 22.1. The van der Waals surface area contributed by atoms with Gasteiger partial charge in [0.15, 0.2) is 5.84 Å². The minimum Gasteiger partial charge on any atom is -0.392 e. The molecule has 166 valence electrons. The molecular weight excluding hydrogens is 398 g/mol. The number of aliphatic hydroxyl groups excluding tert-OH is 1. The molecule has 32 heavy (non-hydrogen) atoms. The zero-order valence-corrected chi connectivity index (χ0v) is 18.7. The SMILES string of the molecule is CCN1C=CCN=C1C(=O)N1CCC(c2ccc(-c3ccccc3C3CC3)cc2CO)C1. The lowest BCUT2D eigenvalue weighted by Crippen LogP contribution is -2.43. The van der Waals surface area contributed by atoms with E-state index in [4.69, 9.17) is 0 Å². The third-order valence-corrected chi connectivity index (χ3v) is 6.95. The summed E-state index contributed by atoms with van der Waals surface area (Å²) in [5.74, 6) is 1.48. The van der Waals surface area contributed by atoms with Gasteiger partial charge in [-0.25, -0.2) is 0 Å². The third-order valence-electron chi connectivity index (χ3n) is 6.95. The first-order valence-corrected chi connectivity index (χ1v) is 11.8. The summed E-state index contributed by atoms with van der Waals surface area (Å²) >= 11 is 0. The molecule has 1 unspecified atom stereocenters. The molecule has 1 atom stereocenters. The van der Waals surface area contributed by atoms with Gasteiger partial charge in [-0.3, -0.25) is 9.79 Å². The van der Waals surface area contributed by atoms with Crippen molar-refractivity contribution in [1.82, 2.24) is 9.80 Å². The van der Waals surface area contributed by atoms with Crippen LogP contribution in [0.3, 0.4) is 0 Å².